The average Bonchev–Trinajstić information content (AvgIpc) is 2.88. The highest BCUT2D eigenvalue weighted by Crippen LogP contribution is 2.15. The molecular weight excluding hydrogens is 220 g/mol. The highest BCUT2D eigenvalue weighted by Gasteiger charge is 2.14. The Hall–Kier alpha value is -2.63. The molecule has 0 amide bonds. The van der Waals surface area contributed by atoms with Crippen molar-refractivity contribution in [3.8, 4) is 11.4 Å². The SMILES string of the molecule is O=C(O)c1cnc2nc(-c3ccccc3)[nH]n12. The van der Waals surface area contributed by atoms with Gasteiger partial charge in [-0.15, -0.1) is 0 Å². The molecule has 0 bridgehead atoms. The van der Waals surface area contributed by atoms with Gasteiger partial charge in [-0.1, -0.05) is 30.3 Å². The molecule has 0 unspecified atom stereocenters. The van der Waals surface area contributed by atoms with E-state index < -0.39 is 5.97 Å². The van der Waals surface area contributed by atoms with Crippen molar-refractivity contribution in [3.63, 3.8) is 0 Å². The van der Waals surface area contributed by atoms with Gasteiger partial charge in [0.1, 0.15) is 0 Å². The van der Waals surface area contributed by atoms with Crippen LogP contribution in [0.5, 0.6) is 0 Å². The van der Waals surface area contributed by atoms with Crippen LogP contribution in [0.4, 0.5) is 0 Å². The summed E-state index contributed by atoms with van der Waals surface area (Å²) >= 11 is 0. The molecule has 6 nitrogen and oxygen atoms in total. The van der Waals surface area contributed by atoms with Gasteiger partial charge in [0.2, 0.25) is 0 Å². The van der Waals surface area contributed by atoms with Gasteiger partial charge >= 0.3 is 5.97 Å². The van der Waals surface area contributed by atoms with Crippen molar-refractivity contribution in [2.24, 2.45) is 0 Å². The van der Waals surface area contributed by atoms with E-state index in [9.17, 15) is 4.79 Å². The quantitative estimate of drug-likeness (QED) is 0.694. The predicted octanol–water partition coefficient (Wildman–Crippen LogP) is 1.42. The average molecular weight is 228 g/mol. The van der Waals surface area contributed by atoms with Crippen LogP contribution in [0.25, 0.3) is 17.2 Å². The number of aromatic amines is 1. The van der Waals surface area contributed by atoms with Gasteiger partial charge in [0.25, 0.3) is 5.78 Å². The van der Waals surface area contributed by atoms with Crippen LogP contribution in [-0.2, 0) is 0 Å². The number of aromatic nitrogens is 4. The van der Waals surface area contributed by atoms with Crippen molar-refractivity contribution < 1.29 is 9.90 Å². The fraction of sp³-hybridized carbons (Fsp3) is 0. The minimum absolute atomic E-state index is 0.0645. The lowest BCUT2D eigenvalue weighted by Crippen LogP contribution is -2.01. The third-order valence-electron chi connectivity index (χ3n) is 2.44. The molecular formula is C11H8N4O2. The second-order valence-electron chi connectivity index (χ2n) is 3.52. The number of imidazole rings is 1. The zero-order chi connectivity index (χ0) is 11.8. The van der Waals surface area contributed by atoms with Gasteiger partial charge in [0.05, 0.1) is 6.20 Å². The second-order valence-corrected chi connectivity index (χ2v) is 3.52. The van der Waals surface area contributed by atoms with Crippen LogP contribution >= 0.6 is 0 Å². The predicted molar refractivity (Wildman–Crippen MR) is 59.7 cm³/mol. The van der Waals surface area contributed by atoms with Crippen molar-refractivity contribution in [2.75, 3.05) is 0 Å². The van der Waals surface area contributed by atoms with E-state index in [2.05, 4.69) is 15.1 Å². The number of carboxylic acid groups (broad SMARTS) is 1. The number of fused-ring (bicyclic) bond motifs is 1. The maximum Gasteiger partial charge on any atom is 0.356 e. The van der Waals surface area contributed by atoms with E-state index in [0.717, 1.165) is 5.56 Å². The molecule has 6 heteroatoms. The van der Waals surface area contributed by atoms with Gasteiger partial charge in [-0.2, -0.15) is 4.98 Å². The number of aromatic carboxylic acids is 1. The van der Waals surface area contributed by atoms with E-state index in [1.54, 1.807) is 0 Å². The second kappa shape index (κ2) is 3.44. The van der Waals surface area contributed by atoms with Crippen molar-refractivity contribution >= 4 is 11.7 Å². The van der Waals surface area contributed by atoms with Crippen molar-refractivity contribution in [1.29, 1.82) is 0 Å². The van der Waals surface area contributed by atoms with Gasteiger partial charge in [-0.05, 0) is 0 Å². The summed E-state index contributed by atoms with van der Waals surface area (Å²) in [5.74, 6) is -0.0989. The summed E-state index contributed by atoms with van der Waals surface area (Å²) in [5.41, 5.74) is 0.948. The van der Waals surface area contributed by atoms with E-state index in [4.69, 9.17) is 5.11 Å². The molecule has 0 aliphatic carbocycles. The first-order valence-corrected chi connectivity index (χ1v) is 4.98. The lowest BCUT2D eigenvalue weighted by atomic mass is 10.2. The van der Waals surface area contributed by atoms with Gasteiger partial charge in [-0.25, -0.2) is 14.3 Å². The van der Waals surface area contributed by atoms with E-state index >= 15 is 0 Å². The van der Waals surface area contributed by atoms with Crippen LogP contribution in [0, 0.1) is 0 Å². The first-order chi connectivity index (χ1) is 8.25. The summed E-state index contributed by atoms with van der Waals surface area (Å²) in [6, 6.07) is 9.45. The smallest absolute Gasteiger partial charge is 0.356 e. The molecule has 84 valence electrons. The monoisotopic (exact) mass is 228 g/mol. The van der Waals surface area contributed by atoms with Crippen molar-refractivity contribution in [3.05, 3.63) is 42.2 Å². The molecule has 0 atom stereocenters. The lowest BCUT2D eigenvalue weighted by molar-refractivity contribution is 0.0688. The topological polar surface area (TPSA) is 83.3 Å². The van der Waals surface area contributed by atoms with Gasteiger partial charge in [0, 0.05) is 5.56 Å². The largest absolute Gasteiger partial charge is 0.476 e. The summed E-state index contributed by atoms with van der Waals surface area (Å²) in [7, 11) is 0. The third kappa shape index (κ3) is 1.46. The van der Waals surface area contributed by atoms with Gasteiger partial charge < -0.3 is 5.11 Å². The summed E-state index contributed by atoms with van der Waals surface area (Å²) in [6.07, 6.45) is 1.27. The number of benzene rings is 1. The van der Waals surface area contributed by atoms with Gasteiger partial charge in [0.15, 0.2) is 11.5 Å². The number of rotatable bonds is 2. The Morgan fingerprint density at radius 1 is 1.29 bits per heavy atom. The number of nitrogens with zero attached hydrogens (tertiary/aromatic N) is 3. The zero-order valence-electron chi connectivity index (χ0n) is 8.66. The number of carbonyl (C=O) groups is 1. The lowest BCUT2D eigenvalue weighted by Gasteiger charge is -1.94. The van der Waals surface area contributed by atoms with Crippen LogP contribution in [-0.4, -0.2) is 30.7 Å². The molecule has 2 N–H and O–H groups in total. The third-order valence-corrected chi connectivity index (χ3v) is 2.44. The highest BCUT2D eigenvalue weighted by atomic mass is 16.4. The van der Waals surface area contributed by atoms with Crippen LogP contribution in [0.1, 0.15) is 10.5 Å². The van der Waals surface area contributed by atoms with E-state index in [1.165, 1.54) is 10.7 Å². The molecule has 0 saturated carbocycles. The number of hydrogen-bond acceptors (Lipinski definition) is 3. The van der Waals surface area contributed by atoms with E-state index in [-0.39, 0.29) is 5.69 Å². The van der Waals surface area contributed by atoms with Crippen molar-refractivity contribution in [2.45, 2.75) is 0 Å². The normalized spacial score (nSPS) is 10.8. The number of carboxylic acids is 1. The van der Waals surface area contributed by atoms with Crippen LogP contribution in [0.15, 0.2) is 36.5 Å². The Bertz CT molecular complexity index is 684. The first-order valence-electron chi connectivity index (χ1n) is 4.98. The summed E-state index contributed by atoms with van der Waals surface area (Å²) in [5, 5.41) is 11.8. The summed E-state index contributed by atoms with van der Waals surface area (Å²) in [6.45, 7) is 0. The standard InChI is InChI=1S/C11H8N4O2/c16-10(17)8-6-12-11-13-9(14-15(8)11)7-4-2-1-3-5-7/h1-6H,(H,16,17)(H,12,13,14). The Labute approximate surface area is 95.5 Å². The fourth-order valence-electron chi connectivity index (χ4n) is 1.64. The molecule has 17 heavy (non-hydrogen) atoms. The molecule has 3 aromatic rings. The molecule has 3 rings (SSSR count). The maximum absolute atomic E-state index is 10.9. The Morgan fingerprint density at radius 3 is 2.76 bits per heavy atom. The van der Waals surface area contributed by atoms with Crippen LogP contribution in [0.2, 0.25) is 0 Å². The van der Waals surface area contributed by atoms with Crippen molar-refractivity contribution in [1.82, 2.24) is 19.6 Å². The van der Waals surface area contributed by atoms with E-state index in [0.29, 0.717) is 11.6 Å². The Morgan fingerprint density at radius 2 is 2.06 bits per heavy atom. The molecule has 2 heterocycles. The summed E-state index contributed by atoms with van der Waals surface area (Å²) < 4.78 is 1.35. The first kappa shape index (κ1) is 9.59. The van der Waals surface area contributed by atoms with Crippen LogP contribution in [0.3, 0.4) is 0 Å². The minimum Gasteiger partial charge on any atom is -0.476 e. The number of nitrogens with one attached hydrogen (secondary N) is 1. The van der Waals surface area contributed by atoms with Crippen LogP contribution < -0.4 is 0 Å². The van der Waals surface area contributed by atoms with Gasteiger partial charge in [-0.3, -0.25) is 5.10 Å². The molecule has 0 aliphatic heterocycles. The molecule has 0 radical (unpaired) electrons. The molecule has 1 aromatic carbocycles. The maximum atomic E-state index is 10.9. The Kier molecular flexibility index (Phi) is 1.94. The minimum atomic E-state index is -1.04. The highest BCUT2D eigenvalue weighted by molar-refractivity contribution is 5.86. The molecule has 0 aliphatic rings. The number of H-pyrrole nitrogens is 1. The Balaban J connectivity index is 2.18. The van der Waals surface area contributed by atoms with E-state index in [1.807, 2.05) is 30.3 Å². The molecule has 0 fully saturated rings. The number of hydrogen-bond donors (Lipinski definition) is 2. The molecule has 0 saturated heterocycles. The molecule has 2 aromatic heterocycles. The molecule has 0 spiro atoms. The summed E-state index contributed by atoms with van der Waals surface area (Å²) in [4.78, 5) is 19.1. The zero-order valence-corrected chi connectivity index (χ0v) is 8.66. The fourth-order valence-corrected chi connectivity index (χ4v) is 1.64.